The molecule has 0 bridgehead atoms. The topological polar surface area (TPSA) is 111 Å². The highest BCUT2D eigenvalue weighted by atomic mass is 16.6. The Bertz CT molecular complexity index is 248. The molecule has 7 nitrogen and oxygen atoms in total. The largest absolute Gasteiger partial charge is 0.394 e. The van der Waals surface area contributed by atoms with Crippen LogP contribution in [0.4, 0.5) is 4.79 Å². The van der Waals surface area contributed by atoms with E-state index in [0.29, 0.717) is 0 Å². The van der Waals surface area contributed by atoms with Gasteiger partial charge in [0.05, 0.1) is 6.61 Å². The Hall–Kier alpha value is -0.890. The van der Waals surface area contributed by atoms with E-state index in [1.807, 2.05) is 0 Å². The summed E-state index contributed by atoms with van der Waals surface area (Å²) in [4.78, 5) is 10.8. The highest BCUT2D eigenvalue weighted by Crippen LogP contribution is 2.24. The second-order valence-corrected chi connectivity index (χ2v) is 3.41. The maximum absolute atomic E-state index is 10.8. The first kappa shape index (κ1) is 9.66. The van der Waals surface area contributed by atoms with Gasteiger partial charge in [-0.3, -0.25) is 0 Å². The summed E-state index contributed by atoms with van der Waals surface area (Å²) >= 11 is 0. The van der Waals surface area contributed by atoms with Gasteiger partial charge in [0.15, 0.2) is 6.23 Å². The molecule has 5 atom stereocenters. The molecule has 0 spiro atoms. The van der Waals surface area contributed by atoms with Crippen molar-refractivity contribution in [2.24, 2.45) is 0 Å². The van der Waals surface area contributed by atoms with Crippen molar-refractivity contribution in [3.63, 3.8) is 0 Å². The van der Waals surface area contributed by atoms with Crippen molar-refractivity contribution in [2.75, 3.05) is 6.61 Å². The maximum atomic E-state index is 10.8. The van der Waals surface area contributed by atoms with Gasteiger partial charge in [0.2, 0.25) is 0 Å². The number of aliphatic hydroxyl groups is 3. The molecular weight excluding hydrogens is 192 g/mol. The molecule has 2 aliphatic heterocycles. The van der Waals surface area contributed by atoms with Crippen LogP contribution in [0.2, 0.25) is 0 Å². The monoisotopic (exact) mass is 204 g/mol. The number of carbonyl (C=O) groups excluding carboxylic acids is 1. The molecule has 0 unspecified atom stereocenters. The fourth-order valence-electron chi connectivity index (χ4n) is 1.75. The van der Waals surface area contributed by atoms with Crippen molar-refractivity contribution in [1.82, 2.24) is 10.6 Å². The van der Waals surface area contributed by atoms with E-state index < -0.39 is 43.2 Å². The fourth-order valence-corrected chi connectivity index (χ4v) is 1.75. The van der Waals surface area contributed by atoms with Crippen molar-refractivity contribution < 1.29 is 24.9 Å². The zero-order valence-corrected chi connectivity index (χ0v) is 7.25. The summed E-state index contributed by atoms with van der Waals surface area (Å²) in [5.74, 6) is 0. The number of aliphatic hydroxyl groups excluding tert-OH is 3. The third kappa shape index (κ3) is 1.34. The second kappa shape index (κ2) is 3.35. The van der Waals surface area contributed by atoms with Gasteiger partial charge in [0, 0.05) is 0 Å². The normalized spacial score (nSPS) is 42.9. The molecule has 80 valence electrons. The molecule has 2 rings (SSSR count). The van der Waals surface area contributed by atoms with Gasteiger partial charge in [0.1, 0.15) is 24.4 Å². The summed E-state index contributed by atoms with van der Waals surface area (Å²) in [6.45, 7) is -0.491. The molecule has 2 heterocycles. The smallest absolute Gasteiger partial charge is 0.317 e. The number of urea groups is 1. The Morgan fingerprint density at radius 2 is 2.21 bits per heavy atom. The van der Waals surface area contributed by atoms with E-state index in [9.17, 15) is 15.0 Å². The molecule has 5 N–H and O–H groups in total. The van der Waals surface area contributed by atoms with Crippen LogP contribution in [0.3, 0.4) is 0 Å². The lowest BCUT2D eigenvalue weighted by atomic mass is 10.1. The minimum atomic E-state index is -1.14. The number of hydrogen-bond donors (Lipinski definition) is 5. The number of rotatable bonds is 2. The lowest BCUT2D eigenvalue weighted by Crippen LogP contribution is -2.45. The Balaban J connectivity index is 2.05. The van der Waals surface area contributed by atoms with Crippen LogP contribution >= 0.6 is 0 Å². The fraction of sp³-hybridized carbons (Fsp3) is 0.857. The SMILES string of the molecule is O=C1N[C@@H]2[C@@H](O)[C@@H]([C@H](O)CO)O[C@@H]2N1. The van der Waals surface area contributed by atoms with Gasteiger partial charge >= 0.3 is 6.03 Å². The van der Waals surface area contributed by atoms with Gasteiger partial charge in [-0.15, -0.1) is 0 Å². The van der Waals surface area contributed by atoms with E-state index in [0.717, 1.165) is 0 Å². The van der Waals surface area contributed by atoms with Crippen molar-refractivity contribution in [3.8, 4) is 0 Å². The first-order valence-corrected chi connectivity index (χ1v) is 4.33. The molecule has 14 heavy (non-hydrogen) atoms. The lowest BCUT2D eigenvalue weighted by molar-refractivity contribution is -0.0844. The molecule has 0 aromatic rings. The van der Waals surface area contributed by atoms with E-state index in [2.05, 4.69) is 10.6 Å². The molecule has 0 aromatic carbocycles. The van der Waals surface area contributed by atoms with Crippen LogP contribution in [0, 0.1) is 0 Å². The quantitative estimate of drug-likeness (QED) is 0.331. The summed E-state index contributed by atoms with van der Waals surface area (Å²) in [6, 6.07) is -0.968. The molecule has 0 saturated carbocycles. The number of carbonyl (C=O) groups is 1. The number of hydrogen-bond acceptors (Lipinski definition) is 5. The molecule has 2 fully saturated rings. The van der Waals surface area contributed by atoms with Crippen molar-refractivity contribution >= 4 is 6.03 Å². The molecule has 2 aliphatic rings. The van der Waals surface area contributed by atoms with Crippen molar-refractivity contribution in [3.05, 3.63) is 0 Å². The first-order chi connectivity index (χ1) is 6.63. The van der Waals surface area contributed by atoms with Crippen LogP contribution in [-0.2, 0) is 4.74 Å². The average Bonchev–Trinajstić information content (AvgIpc) is 2.64. The summed E-state index contributed by atoms with van der Waals surface area (Å²) in [7, 11) is 0. The van der Waals surface area contributed by atoms with Gasteiger partial charge in [-0.2, -0.15) is 0 Å². The summed E-state index contributed by atoms with van der Waals surface area (Å²) in [6.07, 6.45) is -3.66. The second-order valence-electron chi connectivity index (χ2n) is 3.41. The van der Waals surface area contributed by atoms with Crippen LogP contribution in [0.15, 0.2) is 0 Å². The summed E-state index contributed by atoms with van der Waals surface area (Å²) < 4.78 is 5.17. The minimum Gasteiger partial charge on any atom is -0.394 e. The van der Waals surface area contributed by atoms with Crippen LogP contribution in [0.25, 0.3) is 0 Å². The zero-order chi connectivity index (χ0) is 10.3. The third-order valence-corrected chi connectivity index (χ3v) is 2.47. The molecule has 0 aliphatic carbocycles. The highest BCUT2D eigenvalue weighted by molar-refractivity contribution is 5.77. The Kier molecular flexibility index (Phi) is 2.31. The van der Waals surface area contributed by atoms with Gasteiger partial charge in [-0.25, -0.2) is 4.79 Å². The average molecular weight is 204 g/mol. The van der Waals surface area contributed by atoms with Crippen LogP contribution < -0.4 is 10.6 Å². The number of fused-ring (bicyclic) bond motifs is 1. The standard InChI is InChI=1S/C7H12N2O5/c10-1-2(11)5-4(12)3-6(14-5)9-7(13)8-3/h2-6,10-12H,1H2,(H2,8,9,13)/t2-,3-,4-,5-,6+/m1/s1. The van der Waals surface area contributed by atoms with E-state index >= 15 is 0 Å². The molecule has 2 saturated heterocycles. The van der Waals surface area contributed by atoms with E-state index in [1.165, 1.54) is 0 Å². The van der Waals surface area contributed by atoms with Crippen LogP contribution in [0.5, 0.6) is 0 Å². The first-order valence-electron chi connectivity index (χ1n) is 4.33. The maximum Gasteiger partial charge on any atom is 0.317 e. The van der Waals surface area contributed by atoms with E-state index in [1.54, 1.807) is 0 Å². The predicted molar refractivity (Wildman–Crippen MR) is 43.2 cm³/mol. The predicted octanol–water partition coefficient (Wildman–Crippen LogP) is -2.89. The zero-order valence-electron chi connectivity index (χ0n) is 7.25. The molecule has 7 heteroatoms. The summed E-state index contributed by atoms with van der Waals surface area (Å²) in [5, 5.41) is 32.5. The Morgan fingerprint density at radius 1 is 1.50 bits per heavy atom. The Labute approximate surface area is 79.7 Å². The number of amides is 2. The number of nitrogens with one attached hydrogen (secondary N) is 2. The van der Waals surface area contributed by atoms with E-state index in [-0.39, 0.29) is 0 Å². The number of ether oxygens (including phenoxy) is 1. The van der Waals surface area contributed by atoms with E-state index in [4.69, 9.17) is 9.84 Å². The van der Waals surface area contributed by atoms with Gasteiger partial charge in [-0.1, -0.05) is 0 Å². The molecule has 2 amide bonds. The Morgan fingerprint density at radius 3 is 2.79 bits per heavy atom. The lowest BCUT2D eigenvalue weighted by Gasteiger charge is -2.20. The molecule has 0 aromatic heterocycles. The van der Waals surface area contributed by atoms with Gasteiger partial charge < -0.3 is 30.7 Å². The molecular formula is C7H12N2O5. The summed E-state index contributed by atoms with van der Waals surface area (Å²) in [5.41, 5.74) is 0. The van der Waals surface area contributed by atoms with Crippen molar-refractivity contribution in [1.29, 1.82) is 0 Å². The van der Waals surface area contributed by atoms with Crippen LogP contribution in [-0.4, -0.2) is 58.5 Å². The molecule has 0 radical (unpaired) electrons. The van der Waals surface area contributed by atoms with Gasteiger partial charge in [0.25, 0.3) is 0 Å². The van der Waals surface area contributed by atoms with Gasteiger partial charge in [-0.05, 0) is 0 Å². The highest BCUT2D eigenvalue weighted by Gasteiger charge is 2.50. The van der Waals surface area contributed by atoms with Crippen LogP contribution in [0.1, 0.15) is 0 Å². The minimum absolute atomic E-state index is 0.406. The third-order valence-electron chi connectivity index (χ3n) is 2.47. The van der Waals surface area contributed by atoms with Crippen molar-refractivity contribution in [2.45, 2.75) is 30.6 Å².